The lowest BCUT2D eigenvalue weighted by Gasteiger charge is -2.37. The summed E-state index contributed by atoms with van der Waals surface area (Å²) in [5.74, 6) is -0.251. The summed E-state index contributed by atoms with van der Waals surface area (Å²) >= 11 is 0. The number of anilines is 2. The van der Waals surface area contributed by atoms with E-state index in [-0.39, 0.29) is 17.9 Å². The van der Waals surface area contributed by atoms with E-state index in [0.717, 1.165) is 56.9 Å². The molecule has 1 atom stereocenters. The molecule has 2 aliphatic rings. The fraction of sp³-hybridized carbons (Fsp3) is 0.652. The van der Waals surface area contributed by atoms with Crippen LogP contribution in [-0.2, 0) is 9.53 Å². The number of para-hydroxylation sites is 2. The summed E-state index contributed by atoms with van der Waals surface area (Å²) in [5.41, 5.74) is 1.38. The highest BCUT2D eigenvalue weighted by molar-refractivity contribution is 5.96. The average Bonchev–Trinajstić information content (AvgIpc) is 2.73. The van der Waals surface area contributed by atoms with Crippen LogP contribution in [0.5, 0.6) is 0 Å². The second-order valence-electron chi connectivity index (χ2n) is 9.19. The third-order valence-electron chi connectivity index (χ3n) is 5.77. The first-order valence-corrected chi connectivity index (χ1v) is 11.1. The highest BCUT2D eigenvalue weighted by atomic mass is 16.6. The maximum absolute atomic E-state index is 13.0. The SMILES string of the molecule is CCN1CCN(c2ccccc2NC(=O)[C@H]2CCCN(C(=O)OC(C)(C)C)C2)CC1. The van der Waals surface area contributed by atoms with Gasteiger partial charge in [0.05, 0.1) is 17.3 Å². The number of carbonyl (C=O) groups is 2. The molecule has 2 heterocycles. The van der Waals surface area contributed by atoms with Crippen molar-refractivity contribution in [2.24, 2.45) is 5.92 Å². The van der Waals surface area contributed by atoms with Gasteiger partial charge in [0.1, 0.15) is 5.60 Å². The van der Waals surface area contributed by atoms with Crippen LogP contribution in [0.2, 0.25) is 0 Å². The van der Waals surface area contributed by atoms with Crippen molar-refractivity contribution in [2.75, 3.05) is 56.0 Å². The molecule has 2 fully saturated rings. The third-order valence-corrected chi connectivity index (χ3v) is 5.77. The predicted octanol–water partition coefficient (Wildman–Crippen LogP) is 3.41. The number of benzene rings is 1. The van der Waals surface area contributed by atoms with E-state index in [1.807, 2.05) is 39.0 Å². The predicted molar refractivity (Wildman–Crippen MR) is 120 cm³/mol. The largest absolute Gasteiger partial charge is 0.444 e. The smallest absolute Gasteiger partial charge is 0.410 e. The third kappa shape index (κ3) is 5.88. The molecule has 7 nitrogen and oxygen atoms in total. The van der Waals surface area contributed by atoms with Gasteiger partial charge in [-0.2, -0.15) is 0 Å². The summed E-state index contributed by atoms with van der Waals surface area (Å²) in [7, 11) is 0. The van der Waals surface area contributed by atoms with E-state index in [1.165, 1.54) is 0 Å². The molecule has 0 unspecified atom stereocenters. The molecule has 0 aliphatic carbocycles. The number of rotatable bonds is 4. The Morgan fingerprint density at radius 3 is 2.47 bits per heavy atom. The first-order chi connectivity index (χ1) is 14.3. The molecule has 1 N–H and O–H groups in total. The van der Waals surface area contributed by atoms with E-state index < -0.39 is 5.60 Å². The molecule has 0 spiro atoms. The number of piperazine rings is 1. The summed E-state index contributed by atoms with van der Waals surface area (Å²) in [4.78, 5) is 31.9. The van der Waals surface area contributed by atoms with Crippen molar-refractivity contribution in [1.29, 1.82) is 0 Å². The van der Waals surface area contributed by atoms with E-state index in [0.29, 0.717) is 13.1 Å². The van der Waals surface area contributed by atoms with Crippen LogP contribution in [0.4, 0.5) is 16.2 Å². The Balaban J connectivity index is 1.63. The molecule has 2 amide bonds. The second kappa shape index (κ2) is 9.69. The highest BCUT2D eigenvalue weighted by Crippen LogP contribution is 2.28. The number of hydrogen-bond donors (Lipinski definition) is 1. The van der Waals surface area contributed by atoms with Crippen LogP contribution in [0, 0.1) is 5.92 Å². The molecule has 2 saturated heterocycles. The topological polar surface area (TPSA) is 65.1 Å². The molecular formula is C23H36N4O3. The van der Waals surface area contributed by atoms with Crippen molar-refractivity contribution in [3.8, 4) is 0 Å². The second-order valence-corrected chi connectivity index (χ2v) is 9.19. The van der Waals surface area contributed by atoms with Crippen molar-refractivity contribution < 1.29 is 14.3 Å². The molecule has 0 bridgehead atoms. The van der Waals surface area contributed by atoms with Crippen LogP contribution in [0.15, 0.2) is 24.3 Å². The molecule has 1 aromatic rings. The first kappa shape index (κ1) is 22.4. The standard InChI is InChI=1S/C23H36N4O3/c1-5-25-13-15-26(16-14-25)20-11-7-6-10-19(20)24-21(28)18-9-8-12-27(17-18)22(29)30-23(2,3)4/h6-7,10-11,18H,5,8-9,12-17H2,1-4H3,(H,24,28)/t18-/m0/s1. The van der Waals surface area contributed by atoms with Gasteiger partial charge in [0.15, 0.2) is 0 Å². The number of nitrogens with zero attached hydrogens (tertiary/aromatic N) is 3. The van der Waals surface area contributed by atoms with E-state index in [1.54, 1.807) is 4.90 Å². The first-order valence-electron chi connectivity index (χ1n) is 11.1. The number of ether oxygens (including phenoxy) is 1. The van der Waals surface area contributed by atoms with Crippen LogP contribution in [0.25, 0.3) is 0 Å². The van der Waals surface area contributed by atoms with Crippen molar-refractivity contribution in [2.45, 2.75) is 46.1 Å². The molecule has 0 radical (unpaired) electrons. The summed E-state index contributed by atoms with van der Waals surface area (Å²) in [6, 6.07) is 8.01. The molecule has 3 rings (SSSR count). The maximum Gasteiger partial charge on any atom is 0.410 e. The number of likely N-dealkylation sites (N-methyl/N-ethyl adjacent to an activating group) is 1. The van der Waals surface area contributed by atoms with E-state index in [2.05, 4.69) is 28.1 Å². The minimum atomic E-state index is -0.535. The van der Waals surface area contributed by atoms with Crippen molar-refractivity contribution >= 4 is 23.4 Å². The zero-order valence-electron chi connectivity index (χ0n) is 18.8. The van der Waals surface area contributed by atoms with Gasteiger partial charge in [-0.05, 0) is 52.3 Å². The molecule has 7 heteroatoms. The lowest BCUT2D eigenvalue weighted by molar-refractivity contribution is -0.121. The van der Waals surface area contributed by atoms with E-state index in [9.17, 15) is 9.59 Å². The molecule has 2 aliphatic heterocycles. The molecule has 0 saturated carbocycles. The summed E-state index contributed by atoms with van der Waals surface area (Å²) in [5, 5.41) is 3.14. The van der Waals surface area contributed by atoms with Crippen LogP contribution in [0.1, 0.15) is 40.5 Å². The van der Waals surface area contributed by atoms with Gasteiger partial charge in [0.25, 0.3) is 0 Å². The molecule has 0 aromatic heterocycles. The molecule has 30 heavy (non-hydrogen) atoms. The number of nitrogens with one attached hydrogen (secondary N) is 1. The van der Waals surface area contributed by atoms with Crippen molar-refractivity contribution in [3.05, 3.63) is 24.3 Å². The average molecular weight is 417 g/mol. The van der Waals surface area contributed by atoms with Crippen LogP contribution in [0.3, 0.4) is 0 Å². The van der Waals surface area contributed by atoms with Crippen molar-refractivity contribution in [3.63, 3.8) is 0 Å². The Hall–Kier alpha value is -2.28. The van der Waals surface area contributed by atoms with Crippen LogP contribution < -0.4 is 10.2 Å². The summed E-state index contributed by atoms with van der Waals surface area (Å²) in [6.07, 6.45) is 1.25. The van der Waals surface area contributed by atoms with Gasteiger partial charge in [0.2, 0.25) is 5.91 Å². The van der Waals surface area contributed by atoms with Gasteiger partial charge >= 0.3 is 6.09 Å². The quantitative estimate of drug-likeness (QED) is 0.815. The minimum absolute atomic E-state index is 0.0251. The van der Waals surface area contributed by atoms with Gasteiger partial charge in [-0.25, -0.2) is 4.79 Å². The Bertz CT molecular complexity index is 738. The number of piperidine rings is 1. The van der Waals surface area contributed by atoms with Gasteiger partial charge < -0.3 is 24.8 Å². The Morgan fingerprint density at radius 2 is 1.80 bits per heavy atom. The molecule has 166 valence electrons. The fourth-order valence-electron chi connectivity index (χ4n) is 4.08. The van der Waals surface area contributed by atoms with Crippen LogP contribution >= 0.6 is 0 Å². The van der Waals surface area contributed by atoms with Crippen molar-refractivity contribution in [1.82, 2.24) is 9.80 Å². The van der Waals surface area contributed by atoms with Gasteiger partial charge in [-0.15, -0.1) is 0 Å². The Morgan fingerprint density at radius 1 is 1.10 bits per heavy atom. The molecular weight excluding hydrogens is 380 g/mol. The zero-order chi connectivity index (χ0) is 21.7. The summed E-state index contributed by atoms with van der Waals surface area (Å²) < 4.78 is 5.48. The zero-order valence-corrected chi connectivity index (χ0v) is 18.8. The van der Waals surface area contributed by atoms with Crippen LogP contribution in [-0.4, -0.2) is 73.2 Å². The minimum Gasteiger partial charge on any atom is -0.444 e. The van der Waals surface area contributed by atoms with E-state index >= 15 is 0 Å². The Kier molecular flexibility index (Phi) is 7.23. The molecule has 1 aromatic carbocycles. The monoisotopic (exact) mass is 416 g/mol. The Labute approximate surface area is 180 Å². The van der Waals surface area contributed by atoms with Gasteiger partial charge in [-0.3, -0.25) is 4.79 Å². The van der Waals surface area contributed by atoms with Gasteiger partial charge in [0, 0.05) is 39.3 Å². The lowest BCUT2D eigenvalue weighted by atomic mass is 9.97. The normalized spacial score (nSPS) is 20.7. The van der Waals surface area contributed by atoms with Gasteiger partial charge in [-0.1, -0.05) is 19.1 Å². The number of hydrogen-bond acceptors (Lipinski definition) is 5. The highest BCUT2D eigenvalue weighted by Gasteiger charge is 2.31. The number of amides is 2. The summed E-state index contributed by atoms with van der Waals surface area (Å²) in [6.45, 7) is 13.8. The fourth-order valence-corrected chi connectivity index (χ4v) is 4.08. The maximum atomic E-state index is 13.0. The lowest BCUT2D eigenvalue weighted by Crippen LogP contribution is -2.47. The number of likely N-dealkylation sites (tertiary alicyclic amines) is 1. The number of carbonyl (C=O) groups excluding carboxylic acids is 2. The van der Waals surface area contributed by atoms with E-state index in [4.69, 9.17) is 4.74 Å².